The van der Waals surface area contributed by atoms with Crippen LogP contribution in [0.25, 0.3) is 0 Å². The number of primary amides is 1. The number of aromatic nitrogens is 1. The fourth-order valence-corrected chi connectivity index (χ4v) is 1.54. The van der Waals surface area contributed by atoms with Crippen molar-refractivity contribution < 1.29 is 14.3 Å². The van der Waals surface area contributed by atoms with E-state index in [1.54, 1.807) is 0 Å². The van der Waals surface area contributed by atoms with Gasteiger partial charge in [-0.15, -0.1) is 0 Å². The summed E-state index contributed by atoms with van der Waals surface area (Å²) in [7, 11) is 1.30. The molecule has 0 radical (unpaired) electrons. The first-order valence-corrected chi connectivity index (χ1v) is 5.90. The van der Waals surface area contributed by atoms with Gasteiger partial charge in [0.05, 0.1) is 24.6 Å². The number of pyridine rings is 1. The number of esters is 1. The maximum atomic E-state index is 11.6. The lowest BCUT2D eigenvalue weighted by atomic mass is 10.2. The molecule has 0 saturated carbocycles. The van der Waals surface area contributed by atoms with Gasteiger partial charge in [0.15, 0.2) is 0 Å². The Bertz CT molecular complexity index is 462. The van der Waals surface area contributed by atoms with Crippen LogP contribution in [-0.2, 0) is 9.53 Å². The molecule has 0 spiro atoms. The molecule has 0 fully saturated rings. The Balaban J connectivity index is 2.57. The molecule has 7 heteroatoms. The van der Waals surface area contributed by atoms with Crippen molar-refractivity contribution >= 4 is 23.4 Å². The van der Waals surface area contributed by atoms with E-state index in [4.69, 9.17) is 11.5 Å². The highest BCUT2D eigenvalue weighted by Crippen LogP contribution is 2.17. The summed E-state index contributed by atoms with van der Waals surface area (Å²) >= 11 is 0. The first kappa shape index (κ1) is 14.7. The number of rotatable bonds is 7. The Hall–Kier alpha value is -2.31. The zero-order valence-electron chi connectivity index (χ0n) is 10.8. The van der Waals surface area contributed by atoms with Crippen molar-refractivity contribution in [2.24, 2.45) is 5.73 Å². The van der Waals surface area contributed by atoms with Crippen LogP contribution in [0.5, 0.6) is 0 Å². The van der Waals surface area contributed by atoms with Gasteiger partial charge in [0, 0.05) is 13.0 Å². The molecular formula is C12H18N4O3. The number of amides is 1. The van der Waals surface area contributed by atoms with Crippen LogP contribution in [0.15, 0.2) is 12.3 Å². The van der Waals surface area contributed by atoms with E-state index < -0.39 is 5.97 Å². The highest BCUT2D eigenvalue weighted by Gasteiger charge is 2.12. The number of hydrogen-bond acceptors (Lipinski definition) is 6. The van der Waals surface area contributed by atoms with E-state index in [2.05, 4.69) is 15.0 Å². The highest BCUT2D eigenvalue weighted by atomic mass is 16.5. The summed E-state index contributed by atoms with van der Waals surface area (Å²) < 4.78 is 4.67. The molecule has 1 aromatic heterocycles. The summed E-state index contributed by atoms with van der Waals surface area (Å²) in [6, 6.07) is 1.46. The highest BCUT2D eigenvalue weighted by molar-refractivity contribution is 5.96. The van der Waals surface area contributed by atoms with E-state index in [0.717, 1.165) is 6.42 Å². The normalized spacial score (nSPS) is 9.95. The third-order valence-electron chi connectivity index (χ3n) is 2.50. The molecule has 0 saturated heterocycles. The van der Waals surface area contributed by atoms with E-state index in [9.17, 15) is 9.59 Å². The third kappa shape index (κ3) is 4.82. The second-order valence-corrected chi connectivity index (χ2v) is 4.00. The van der Waals surface area contributed by atoms with Crippen molar-refractivity contribution in [2.75, 3.05) is 24.7 Å². The summed E-state index contributed by atoms with van der Waals surface area (Å²) in [5, 5.41) is 3.06. The van der Waals surface area contributed by atoms with Gasteiger partial charge in [-0.3, -0.25) is 4.79 Å². The Labute approximate surface area is 111 Å². The Morgan fingerprint density at radius 1 is 1.42 bits per heavy atom. The molecule has 7 nitrogen and oxygen atoms in total. The molecular weight excluding hydrogens is 248 g/mol. The summed E-state index contributed by atoms with van der Waals surface area (Å²) in [6.07, 6.45) is 3.29. The monoisotopic (exact) mass is 266 g/mol. The van der Waals surface area contributed by atoms with Crippen molar-refractivity contribution in [3.05, 3.63) is 17.8 Å². The van der Waals surface area contributed by atoms with E-state index in [1.165, 1.54) is 19.4 Å². The number of ether oxygens (including phenoxy) is 1. The van der Waals surface area contributed by atoms with Crippen molar-refractivity contribution in [2.45, 2.75) is 19.3 Å². The van der Waals surface area contributed by atoms with Crippen molar-refractivity contribution in [3.8, 4) is 0 Å². The molecule has 0 aliphatic rings. The van der Waals surface area contributed by atoms with E-state index >= 15 is 0 Å². The zero-order chi connectivity index (χ0) is 14.3. The van der Waals surface area contributed by atoms with Crippen LogP contribution in [0.2, 0.25) is 0 Å². The maximum absolute atomic E-state index is 11.6. The van der Waals surface area contributed by atoms with E-state index in [0.29, 0.717) is 30.6 Å². The van der Waals surface area contributed by atoms with E-state index in [1.807, 2.05) is 0 Å². The number of nitrogens with zero attached hydrogens (tertiary/aromatic N) is 1. The summed E-state index contributed by atoms with van der Waals surface area (Å²) in [5.41, 5.74) is 11.5. The third-order valence-corrected chi connectivity index (χ3v) is 2.50. The van der Waals surface area contributed by atoms with Gasteiger partial charge in [-0.1, -0.05) is 0 Å². The Morgan fingerprint density at radius 2 is 2.16 bits per heavy atom. The van der Waals surface area contributed by atoms with Crippen molar-refractivity contribution in [1.29, 1.82) is 0 Å². The molecule has 0 atom stereocenters. The molecule has 0 bridgehead atoms. The zero-order valence-corrected chi connectivity index (χ0v) is 10.8. The lowest BCUT2D eigenvalue weighted by Gasteiger charge is -2.10. The topological polar surface area (TPSA) is 120 Å². The second-order valence-electron chi connectivity index (χ2n) is 4.00. The Morgan fingerprint density at radius 3 is 2.79 bits per heavy atom. The van der Waals surface area contributed by atoms with Crippen LogP contribution in [-0.4, -0.2) is 30.5 Å². The number of nitrogen functional groups attached to an aromatic ring is 1. The predicted octanol–water partition coefficient (Wildman–Crippen LogP) is 0.518. The molecule has 1 aromatic rings. The van der Waals surface area contributed by atoms with Gasteiger partial charge >= 0.3 is 5.97 Å². The SMILES string of the molecule is COC(=O)c1cc(N)ncc1NCCCCC(N)=O. The average Bonchev–Trinajstić information content (AvgIpc) is 2.38. The first-order chi connectivity index (χ1) is 9.04. The molecule has 0 aromatic carbocycles. The number of nitrogens with one attached hydrogen (secondary N) is 1. The molecule has 5 N–H and O–H groups in total. The largest absolute Gasteiger partial charge is 0.465 e. The fourth-order valence-electron chi connectivity index (χ4n) is 1.54. The molecule has 0 aliphatic carbocycles. The minimum atomic E-state index is -0.478. The number of anilines is 2. The van der Waals surface area contributed by atoms with Gasteiger partial charge in [0.2, 0.25) is 5.91 Å². The molecule has 1 rings (SSSR count). The minimum absolute atomic E-state index is 0.250. The average molecular weight is 266 g/mol. The molecule has 19 heavy (non-hydrogen) atoms. The standard InChI is InChI=1S/C12H18N4O3/c1-19-12(18)8-6-10(13)16-7-9(8)15-5-3-2-4-11(14)17/h6-7,15H,2-5H2,1H3,(H2,13,16)(H2,14,17). The maximum Gasteiger partial charge on any atom is 0.340 e. The van der Waals surface area contributed by atoms with Gasteiger partial charge in [0.25, 0.3) is 0 Å². The molecule has 104 valence electrons. The van der Waals surface area contributed by atoms with Crippen LogP contribution in [0.3, 0.4) is 0 Å². The predicted molar refractivity (Wildman–Crippen MR) is 71.5 cm³/mol. The molecule has 0 aliphatic heterocycles. The first-order valence-electron chi connectivity index (χ1n) is 5.90. The summed E-state index contributed by atoms with van der Waals surface area (Å²) in [5.74, 6) is -0.544. The smallest absolute Gasteiger partial charge is 0.340 e. The summed E-state index contributed by atoms with van der Waals surface area (Å²) in [4.78, 5) is 26.0. The van der Waals surface area contributed by atoms with Crippen LogP contribution in [0, 0.1) is 0 Å². The van der Waals surface area contributed by atoms with Crippen molar-refractivity contribution in [3.63, 3.8) is 0 Å². The van der Waals surface area contributed by atoms with Crippen LogP contribution in [0.1, 0.15) is 29.6 Å². The minimum Gasteiger partial charge on any atom is -0.465 e. The summed E-state index contributed by atoms with van der Waals surface area (Å²) in [6.45, 7) is 0.600. The van der Waals surface area contributed by atoms with Gasteiger partial charge in [-0.2, -0.15) is 0 Å². The number of nitrogens with two attached hydrogens (primary N) is 2. The molecule has 1 heterocycles. The fraction of sp³-hybridized carbons (Fsp3) is 0.417. The van der Waals surface area contributed by atoms with Gasteiger partial charge < -0.3 is 21.5 Å². The van der Waals surface area contributed by atoms with Crippen LogP contribution < -0.4 is 16.8 Å². The van der Waals surface area contributed by atoms with Gasteiger partial charge in [-0.05, 0) is 18.9 Å². The van der Waals surface area contributed by atoms with Crippen molar-refractivity contribution in [1.82, 2.24) is 4.98 Å². The number of carbonyl (C=O) groups excluding carboxylic acids is 2. The number of hydrogen-bond donors (Lipinski definition) is 3. The van der Waals surface area contributed by atoms with Gasteiger partial charge in [0.1, 0.15) is 5.82 Å². The Kier molecular flexibility index (Phi) is 5.59. The quantitative estimate of drug-likeness (QED) is 0.488. The number of methoxy groups -OCH3 is 1. The van der Waals surface area contributed by atoms with Crippen LogP contribution in [0.4, 0.5) is 11.5 Å². The lowest BCUT2D eigenvalue weighted by molar-refractivity contribution is -0.118. The van der Waals surface area contributed by atoms with Gasteiger partial charge in [-0.25, -0.2) is 9.78 Å². The molecule has 0 unspecified atom stereocenters. The second kappa shape index (κ2) is 7.20. The number of carbonyl (C=O) groups is 2. The lowest BCUT2D eigenvalue weighted by Crippen LogP contribution is -2.12. The number of unbranched alkanes of at least 4 members (excludes halogenated alkanes) is 1. The molecule has 1 amide bonds. The van der Waals surface area contributed by atoms with Crippen LogP contribution >= 0.6 is 0 Å². The van der Waals surface area contributed by atoms with E-state index in [-0.39, 0.29) is 11.7 Å².